The second kappa shape index (κ2) is 5.42. The van der Waals surface area contributed by atoms with Crippen molar-refractivity contribution >= 4 is 10.0 Å². The van der Waals surface area contributed by atoms with Crippen molar-refractivity contribution in [3.05, 3.63) is 47.5 Å². The lowest BCUT2D eigenvalue weighted by atomic mass is 10.2. The summed E-state index contributed by atoms with van der Waals surface area (Å²) in [4.78, 5) is 4.61. The summed E-state index contributed by atoms with van der Waals surface area (Å²) in [6.45, 7) is 2.93. The van der Waals surface area contributed by atoms with Gasteiger partial charge in [-0.2, -0.15) is 9.40 Å². The Morgan fingerprint density at radius 2 is 1.91 bits per heavy atom. The van der Waals surface area contributed by atoms with Gasteiger partial charge < -0.3 is 0 Å². The van der Waals surface area contributed by atoms with Crippen molar-refractivity contribution < 1.29 is 8.42 Å². The standard InChI is InChI=1S/C16H20N4O2S/c1-12-16-17-15(14-7-8-14)18-19(16)9-10-20(12)23(21,22)11-13-5-3-2-4-6-13/h2-6,12,14H,7-11H2,1H3/t12-/m1/s1. The van der Waals surface area contributed by atoms with Crippen LogP contribution < -0.4 is 0 Å². The molecule has 2 heterocycles. The number of hydrogen-bond acceptors (Lipinski definition) is 4. The first-order valence-corrected chi connectivity index (χ1v) is 9.63. The number of nitrogens with zero attached hydrogens (tertiary/aromatic N) is 4. The van der Waals surface area contributed by atoms with Crippen molar-refractivity contribution in [2.24, 2.45) is 0 Å². The molecule has 4 rings (SSSR count). The van der Waals surface area contributed by atoms with Crippen LogP contribution in [-0.2, 0) is 22.3 Å². The van der Waals surface area contributed by atoms with Gasteiger partial charge in [0.05, 0.1) is 18.3 Å². The van der Waals surface area contributed by atoms with Crippen molar-refractivity contribution in [2.75, 3.05) is 6.54 Å². The van der Waals surface area contributed by atoms with E-state index in [1.54, 1.807) is 4.31 Å². The van der Waals surface area contributed by atoms with E-state index in [4.69, 9.17) is 0 Å². The van der Waals surface area contributed by atoms with Crippen LogP contribution in [0.1, 0.15) is 48.9 Å². The minimum absolute atomic E-state index is 0.0296. The molecule has 0 amide bonds. The molecular weight excluding hydrogens is 312 g/mol. The Hall–Kier alpha value is -1.73. The van der Waals surface area contributed by atoms with Gasteiger partial charge in [0, 0.05) is 12.5 Å². The molecule has 23 heavy (non-hydrogen) atoms. The highest BCUT2D eigenvalue weighted by atomic mass is 32.2. The zero-order valence-electron chi connectivity index (χ0n) is 13.1. The molecule has 1 aromatic carbocycles. The fourth-order valence-electron chi connectivity index (χ4n) is 3.12. The molecular formula is C16H20N4O2S. The van der Waals surface area contributed by atoms with E-state index in [2.05, 4.69) is 10.1 Å². The van der Waals surface area contributed by atoms with Gasteiger partial charge >= 0.3 is 0 Å². The number of benzene rings is 1. The van der Waals surface area contributed by atoms with Crippen LogP contribution >= 0.6 is 0 Å². The first-order valence-electron chi connectivity index (χ1n) is 8.03. The second-order valence-electron chi connectivity index (χ2n) is 6.35. The molecule has 1 fully saturated rings. The van der Waals surface area contributed by atoms with Crippen LogP contribution in [0.4, 0.5) is 0 Å². The normalized spacial score (nSPS) is 22.0. The van der Waals surface area contributed by atoms with Gasteiger partial charge in [0.15, 0.2) is 5.82 Å². The van der Waals surface area contributed by atoms with Crippen LogP contribution in [0.25, 0.3) is 0 Å². The van der Waals surface area contributed by atoms with Crippen molar-refractivity contribution in [1.29, 1.82) is 0 Å². The van der Waals surface area contributed by atoms with Crippen LogP contribution in [0, 0.1) is 0 Å². The number of fused-ring (bicyclic) bond motifs is 1. The Morgan fingerprint density at radius 1 is 1.17 bits per heavy atom. The monoisotopic (exact) mass is 332 g/mol. The third-order valence-electron chi connectivity index (χ3n) is 4.55. The summed E-state index contributed by atoms with van der Waals surface area (Å²) in [6, 6.07) is 9.05. The first-order chi connectivity index (χ1) is 11.0. The maximum atomic E-state index is 12.8. The molecule has 2 aliphatic rings. The molecule has 6 nitrogen and oxygen atoms in total. The van der Waals surface area contributed by atoms with Gasteiger partial charge in [-0.3, -0.25) is 0 Å². The van der Waals surface area contributed by atoms with Crippen molar-refractivity contribution in [2.45, 2.75) is 44.0 Å². The van der Waals surface area contributed by atoms with Crippen LogP contribution in [0.2, 0.25) is 0 Å². The summed E-state index contributed by atoms with van der Waals surface area (Å²) >= 11 is 0. The molecule has 0 bridgehead atoms. The summed E-state index contributed by atoms with van der Waals surface area (Å²) in [5, 5.41) is 4.55. The van der Waals surface area contributed by atoms with Gasteiger partial charge in [-0.05, 0) is 25.3 Å². The third-order valence-corrected chi connectivity index (χ3v) is 6.46. The van der Waals surface area contributed by atoms with Crippen molar-refractivity contribution in [3.8, 4) is 0 Å². The maximum absolute atomic E-state index is 12.8. The molecule has 0 unspecified atom stereocenters. The highest BCUT2D eigenvalue weighted by Crippen LogP contribution is 2.39. The Bertz CT molecular complexity index is 812. The average molecular weight is 332 g/mol. The Labute approximate surface area is 136 Å². The largest absolute Gasteiger partial charge is 0.247 e. The summed E-state index contributed by atoms with van der Waals surface area (Å²) in [6.07, 6.45) is 2.29. The second-order valence-corrected chi connectivity index (χ2v) is 8.28. The Kier molecular flexibility index (Phi) is 3.50. The zero-order valence-corrected chi connectivity index (χ0v) is 13.9. The van der Waals surface area contributed by atoms with E-state index < -0.39 is 10.0 Å². The number of aromatic nitrogens is 3. The summed E-state index contributed by atoms with van der Waals surface area (Å²) in [5.74, 6) is 2.17. The summed E-state index contributed by atoms with van der Waals surface area (Å²) in [5.41, 5.74) is 0.811. The molecule has 2 aromatic rings. The third kappa shape index (κ3) is 2.79. The molecule has 122 valence electrons. The van der Waals surface area contributed by atoms with Gasteiger partial charge in [-0.25, -0.2) is 18.1 Å². The highest BCUT2D eigenvalue weighted by Gasteiger charge is 2.37. The molecule has 1 aliphatic heterocycles. The Morgan fingerprint density at radius 3 is 2.61 bits per heavy atom. The molecule has 1 saturated carbocycles. The first kappa shape index (κ1) is 14.8. The van der Waals surface area contributed by atoms with Gasteiger partial charge in [-0.1, -0.05) is 30.3 Å². The summed E-state index contributed by atoms with van der Waals surface area (Å²) in [7, 11) is -3.37. The fourth-order valence-corrected chi connectivity index (χ4v) is 4.84. The van der Waals surface area contributed by atoms with Crippen LogP contribution in [0.15, 0.2) is 30.3 Å². The molecule has 1 aliphatic carbocycles. The predicted octanol–water partition coefficient (Wildman–Crippen LogP) is 2.06. The van der Waals surface area contributed by atoms with Crippen LogP contribution in [0.5, 0.6) is 0 Å². The maximum Gasteiger partial charge on any atom is 0.219 e. The van der Waals surface area contributed by atoms with Gasteiger partial charge in [0.25, 0.3) is 0 Å². The lowest BCUT2D eigenvalue weighted by molar-refractivity contribution is 0.265. The lowest BCUT2D eigenvalue weighted by Crippen LogP contribution is -2.42. The molecule has 0 N–H and O–H groups in total. The predicted molar refractivity (Wildman–Crippen MR) is 86.2 cm³/mol. The van der Waals surface area contributed by atoms with Crippen molar-refractivity contribution in [3.63, 3.8) is 0 Å². The average Bonchev–Trinajstić information content (AvgIpc) is 3.27. The van der Waals surface area contributed by atoms with Gasteiger partial charge in [0.2, 0.25) is 10.0 Å². The molecule has 0 saturated heterocycles. The van der Waals surface area contributed by atoms with E-state index in [9.17, 15) is 8.42 Å². The highest BCUT2D eigenvalue weighted by molar-refractivity contribution is 7.88. The van der Waals surface area contributed by atoms with Crippen molar-refractivity contribution in [1.82, 2.24) is 19.1 Å². The molecule has 0 spiro atoms. The topological polar surface area (TPSA) is 68.1 Å². The van der Waals surface area contributed by atoms with E-state index >= 15 is 0 Å². The molecule has 7 heteroatoms. The number of hydrogen-bond donors (Lipinski definition) is 0. The van der Waals surface area contributed by atoms with E-state index in [1.807, 2.05) is 41.9 Å². The van der Waals surface area contributed by atoms with E-state index in [0.717, 1.165) is 30.1 Å². The smallest absolute Gasteiger partial charge is 0.219 e. The SMILES string of the molecule is C[C@@H]1c2nc(C3CC3)nn2CCN1S(=O)(=O)Cc1ccccc1. The van der Waals surface area contributed by atoms with E-state index in [-0.39, 0.29) is 11.8 Å². The minimum atomic E-state index is -3.37. The van der Waals surface area contributed by atoms with Gasteiger partial charge in [0.1, 0.15) is 5.82 Å². The fraction of sp³-hybridized carbons (Fsp3) is 0.500. The number of sulfonamides is 1. The quantitative estimate of drug-likeness (QED) is 0.859. The lowest BCUT2D eigenvalue weighted by Gasteiger charge is -2.31. The molecule has 1 atom stereocenters. The molecule has 1 aromatic heterocycles. The van der Waals surface area contributed by atoms with E-state index in [0.29, 0.717) is 19.0 Å². The van der Waals surface area contributed by atoms with Crippen LogP contribution in [0.3, 0.4) is 0 Å². The number of rotatable bonds is 4. The summed E-state index contributed by atoms with van der Waals surface area (Å²) < 4.78 is 29.0. The Balaban J connectivity index is 1.59. The molecule has 0 radical (unpaired) electrons. The minimum Gasteiger partial charge on any atom is -0.247 e. The zero-order chi connectivity index (χ0) is 16.0. The van der Waals surface area contributed by atoms with Gasteiger partial charge in [-0.15, -0.1) is 0 Å². The van der Waals surface area contributed by atoms with Crippen LogP contribution in [-0.4, -0.2) is 34.0 Å². The van der Waals surface area contributed by atoms with E-state index in [1.165, 1.54) is 0 Å².